The summed E-state index contributed by atoms with van der Waals surface area (Å²) in [6, 6.07) is 9.70. The Hall–Kier alpha value is -2.31. The van der Waals surface area contributed by atoms with Gasteiger partial charge >= 0.3 is 0 Å². The Bertz CT molecular complexity index is 615. The van der Waals surface area contributed by atoms with Crippen LogP contribution in [0.4, 0.5) is 0 Å². The van der Waals surface area contributed by atoms with Gasteiger partial charge in [-0.3, -0.25) is 4.79 Å². The van der Waals surface area contributed by atoms with Crippen molar-refractivity contribution in [2.24, 2.45) is 0 Å². The third-order valence-corrected chi connectivity index (χ3v) is 2.36. The van der Waals surface area contributed by atoms with Crippen LogP contribution in [0, 0.1) is 12.3 Å². The third-order valence-electron chi connectivity index (χ3n) is 2.36. The van der Waals surface area contributed by atoms with Crippen molar-refractivity contribution in [3.05, 3.63) is 58.1 Å². The molecule has 0 aliphatic heterocycles. The first-order valence-corrected chi connectivity index (χ1v) is 5.05. The van der Waals surface area contributed by atoms with E-state index < -0.39 is 0 Å². The van der Waals surface area contributed by atoms with Crippen LogP contribution in [0.15, 0.2) is 45.8 Å². The number of hydrogen-bond donors (Lipinski definition) is 1. The lowest BCUT2D eigenvalue weighted by atomic mass is 10.2. The zero-order valence-corrected chi connectivity index (χ0v) is 9.01. The maximum absolute atomic E-state index is 10.9. The van der Waals surface area contributed by atoms with Crippen LogP contribution in [0.2, 0.25) is 0 Å². The number of aliphatic hydroxyl groups is 1. The molecule has 0 spiro atoms. The SMILES string of the molecule is C#Cc1c(CO)occc1=O.c1cc2cc-2c1. The van der Waals surface area contributed by atoms with Gasteiger partial charge in [-0.15, -0.1) is 6.42 Å². The molecule has 0 fully saturated rings. The summed E-state index contributed by atoms with van der Waals surface area (Å²) in [5.74, 6) is 2.29. The highest BCUT2D eigenvalue weighted by molar-refractivity contribution is 5.80. The predicted octanol–water partition coefficient (Wildman–Crippen LogP) is 1.78. The molecule has 0 radical (unpaired) electrons. The second kappa shape index (κ2) is 4.69. The molecule has 1 N–H and O–H groups in total. The first-order chi connectivity index (χ1) is 8.26. The van der Waals surface area contributed by atoms with Gasteiger partial charge in [0.15, 0.2) is 0 Å². The van der Waals surface area contributed by atoms with Crippen LogP contribution in [0.3, 0.4) is 0 Å². The molecular formula is C14H10O3. The van der Waals surface area contributed by atoms with Crippen LogP contribution >= 0.6 is 0 Å². The highest BCUT2D eigenvalue weighted by Gasteiger charge is 2.07. The standard InChI is InChI=1S/C8H6O3.C6H4/c1-2-6-7(10)3-4-11-8(6)5-9;1-2-5-4-6(5)3-1/h1,3-4,9H,5H2;1-4H. The molecule has 3 rings (SSSR count). The summed E-state index contributed by atoms with van der Waals surface area (Å²) in [5, 5.41) is 8.65. The summed E-state index contributed by atoms with van der Waals surface area (Å²) < 4.78 is 4.79. The molecular weight excluding hydrogens is 216 g/mol. The molecule has 2 aliphatic rings. The quantitative estimate of drug-likeness (QED) is 0.643. The third kappa shape index (κ3) is 2.44. The Balaban J connectivity index is 0.000000148. The Morgan fingerprint density at radius 1 is 1.29 bits per heavy atom. The normalized spacial score (nSPS) is 9.88. The molecule has 0 unspecified atom stereocenters. The van der Waals surface area contributed by atoms with Crippen LogP contribution in [0.1, 0.15) is 11.3 Å². The van der Waals surface area contributed by atoms with Crippen molar-refractivity contribution in [1.82, 2.24) is 0 Å². The number of fused-ring (bicyclic) bond motifs is 1. The fraction of sp³-hybridized carbons (Fsp3) is 0.0714. The molecule has 0 atom stereocenters. The zero-order chi connectivity index (χ0) is 12.3. The monoisotopic (exact) mass is 226 g/mol. The van der Waals surface area contributed by atoms with E-state index in [-0.39, 0.29) is 23.4 Å². The van der Waals surface area contributed by atoms with Crippen molar-refractivity contribution in [3.63, 3.8) is 0 Å². The molecule has 0 aromatic carbocycles. The molecule has 17 heavy (non-hydrogen) atoms. The largest absolute Gasteiger partial charge is 0.465 e. The first-order valence-electron chi connectivity index (χ1n) is 5.05. The average Bonchev–Trinajstić information content (AvgIpc) is 2.96. The molecule has 2 aliphatic carbocycles. The van der Waals surface area contributed by atoms with Crippen molar-refractivity contribution in [1.29, 1.82) is 0 Å². The van der Waals surface area contributed by atoms with E-state index in [9.17, 15) is 4.79 Å². The van der Waals surface area contributed by atoms with E-state index in [1.165, 1.54) is 23.5 Å². The van der Waals surface area contributed by atoms with E-state index in [2.05, 4.69) is 30.2 Å². The van der Waals surface area contributed by atoms with Crippen LogP contribution in [-0.4, -0.2) is 5.11 Å². The van der Waals surface area contributed by atoms with Crippen molar-refractivity contribution in [2.45, 2.75) is 6.61 Å². The first kappa shape index (κ1) is 11.2. The lowest BCUT2D eigenvalue weighted by molar-refractivity contribution is 0.243. The molecule has 1 heterocycles. The smallest absolute Gasteiger partial charge is 0.200 e. The zero-order valence-electron chi connectivity index (χ0n) is 9.01. The van der Waals surface area contributed by atoms with E-state index in [1.807, 2.05) is 0 Å². The lowest BCUT2D eigenvalue weighted by Gasteiger charge is -1.95. The summed E-state index contributed by atoms with van der Waals surface area (Å²) in [7, 11) is 0. The highest BCUT2D eigenvalue weighted by atomic mass is 16.4. The molecule has 3 nitrogen and oxygen atoms in total. The number of hydrogen-bond acceptors (Lipinski definition) is 3. The minimum atomic E-state index is -0.352. The molecule has 3 heteroatoms. The van der Waals surface area contributed by atoms with Gasteiger partial charge in [0.1, 0.15) is 17.9 Å². The number of benzene rings is 1. The van der Waals surface area contributed by atoms with E-state index >= 15 is 0 Å². The van der Waals surface area contributed by atoms with Gasteiger partial charge in [-0.05, 0) is 17.2 Å². The summed E-state index contributed by atoms with van der Waals surface area (Å²) >= 11 is 0. The number of rotatable bonds is 1. The minimum absolute atomic E-state index is 0.0926. The molecule has 0 saturated heterocycles. The van der Waals surface area contributed by atoms with E-state index in [1.54, 1.807) is 0 Å². The summed E-state index contributed by atoms with van der Waals surface area (Å²) in [6.45, 7) is -0.352. The van der Waals surface area contributed by atoms with E-state index in [0.717, 1.165) is 0 Å². The topological polar surface area (TPSA) is 50.4 Å². The molecule has 0 amide bonds. The summed E-state index contributed by atoms with van der Waals surface area (Å²) in [4.78, 5) is 10.9. The molecule has 84 valence electrons. The van der Waals surface area contributed by atoms with E-state index in [0.29, 0.717) is 0 Å². The van der Waals surface area contributed by atoms with Gasteiger partial charge in [0.25, 0.3) is 0 Å². The maximum Gasteiger partial charge on any atom is 0.200 e. The van der Waals surface area contributed by atoms with Crippen LogP contribution in [0.25, 0.3) is 11.1 Å². The number of terminal acetylenes is 1. The van der Waals surface area contributed by atoms with Gasteiger partial charge in [0, 0.05) is 6.07 Å². The molecule has 0 saturated carbocycles. The van der Waals surface area contributed by atoms with Gasteiger partial charge in [-0.2, -0.15) is 0 Å². The van der Waals surface area contributed by atoms with Crippen molar-refractivity contribution >= 4 is 0 Å². The number of aliphatic hydroxyl groups excluding tert-OH is 1. The Morgan fingerprint density at radius 3 is 2.35 bits per heavy atom. The second-order valence-corrected chi connectivity index (χ2v) is 3.47. The van der Waals surface area contributed by atoms with Crippen LogP contribution < -0.4 is 5.43 Å². The van der Waals surface area contributed by atoms with E-state index in [4.69, 9.17) is 15.9 Å². The van der Waals surface area contributed by atoms with Gasteiger partial charge in [-0.1, -0.05) is 24.1 Å². The summed E-state index contributed by atoms with van der Waals surface area (Å²) in [6.07, 6.45) is 6.21. The van der Waals surface area contributed by atoms with Gasteiger partial charge < -0.3 is 9.52 Å². The average molecular weight is 226 g/mol. The summed E-state index contributed by atoms with van der Waals surface area (Å²) in [5.41, 5.74) is 2.64. The molecule has 1 aromatic rings. The van der Waals surface area contributed by atoms with Crippen LogP contribution in [0.5, 0.6) is 0 Å². The van der Waals surface area contributed by atoms with Gasteiger partial charge in [-0.25, -0.2) is 0 Å². The highest BCUT2D eigenvalue weighted by Crippen LogP contribution is 2.32. The minimum Gasteiger partial charge on any atom is -0.465 e. The predicted molar refractivity (Wildman–Crippen MR) is 64.3 cm³/mol. The fourth-order valence-electron chi connectivity index (χ4n) is 1.40. The van der Waals surface area contributed by atoms with Gasteiger partial charge in [0.05, 0.1) is 6.26 Å². The lowest BCUT2D eigenvalue weighted by Crippen LogP contribution is -2.06. The fourth-order valence-corrected chi connectivity index (χ4v) is 1.40. The van der Waals surface area contributed by atoms with Crippen molar-refractivity contribution < 1.29 is 9.52 Å². The Kier molecular flexibility index (Phi) is 3.08. The Labute approximate surface area is 98.3 Å². The van der Waals surface area contributed by atoms with Crippen LogP contribution in [-0.2, 0) is 6.61 Å². The van der Waals surface area contributed by atoms with Crippen molar-refractivity contribution in [2.75, 3.05) is 0 Å². The Morgan fingerprint density at radius 2 is 2.00 bits per heavy atom. The van der Waals surface area contributed by atoms with Crippen molar-refractivity contribution in [3.8, 4) is 23.5 Å². The molecule has 1 aromatic heterocycles. The molecule has 0 bridgehead atoms. The second-order valence-electron chi connectivity index (χ2n) is 3.47. The van der Waals surface area contributed by atoms with Gasteiger partial charge in [0.2, 0.25) is 5.43 Å². The maximum atomic E-state index is 10.9.